The van der Waals surface area contributed by atoms with E-state index in [1.165, 1.54) is 0 Å². The average molecular weight is 197 g/mol. The lowest BCUT2D eigenvalue weighted by molar-refractivity contribution is 0.315. The third kappa shape index (κ3) is 2.78. The standard InChI is InChI=1S/C9H19N5/c1-8-11-12-9(14(8)4)7-13(3)6-5-10-2/h10H,5-7H2,1-4H3. The fourth-order valence-corrected chi connectivity index (χ4v) is 1.21. The van der Waals surface area contributed by atoms with E-state index in [4.69, 9.17) is 0 Å². The van der Waals surface area contributed by atoms with E-state index >= 15 is 0 Å². The van der Waals surface area contributed by atoms with Crippen LogP contribution in [0.25, 0.3) is 0 Å². The molecule has 0 aromatic carbocycles. The third-order valence-electron chi connectivity index (χ3n) is 2.34. The highest BCUT2D eigenvalue weighted by Gasteiger charge is 2.07. The Morgan fingerprint density at radius 1 is 1.43 bits per heavy atom. The first-order valence-electron chi connectivity index (χ1n) is 4.83. The van der Waals surface area contributed by atoms with Crippen molar-refractivity contribution in [1.82, 2.24) is 25.0 Å². The molecule has 0 bridgehead atoms. The monoisotopic (exact) mass is 197 g/mol. The van der Waals surface area contributed by atoms with Gasteiger partial charge in [-0.2, -0.15) is 0 Å². The number of hydrogen-bond acceptors (Lipinski definition) is 4. The molecule has 5 heteroatoms. The minimum Gasteiger partial charge on any atom is -0.318 e. The SMILES string of the molecule is CNCCN(C)Cc1nnc(C)n1C. The number of hydrogen-bond donors (Lipinski definition) is 1. The van der Waals surface area contributed by atoms with Gasteiger partial charge in [0.15, 0.2) is 0 Å². The van der Waals surface area contributed by atoms with Crippen molar-refractivity contribution in [3.05, 3.63) is 11.6 Å². The predicted octanol–water partition coefficient (Wildman–Crippen LogP) is -0.225. The molecule has 0 amide bonds. The average Bonchev–Trinajstić information content (AvgIpc) is 2.46. The molecular weight excluding hydrogens is 178 g/mol. The smallest absolute Gasteiger partial charge is 0.146 e. The summed E-state index contributed by atoms with van der Waals surface area (Å²) in [5.41, 5.74) is 0. The number of aromatic nitrogens is 3. The van der Waals surface area contributed by atoms with E-state index in [1.807, 2.05) is 25.6 Å². The summed E-state index contributed by atoms with van der Waals surface area (Å²) in [6.45, 7) is 4.82. The van der Waals surface area contributed by atoms with E-state index in [0.717, 1.165) is 31.3 Å². The van der Waals surface area contributed by atoms with Gasteiger partial charge in [-0.05, 0) is 21.0 Å². The van der Waals surface area contributed by atoms with Crippen LogP contribution in [0.3, 0.4) is 0 Å². The van der Waals surface area contributed by atoms with E-state index in [0.29, 0.717) is 0 Å². The Morgan fingerprint density at radius 2 is 2.14 bits per heavy atom. The molecular formula is C9H19N5. The van der Waals surface area contributed by atoms with Gasteiger partial charge in [0.2, 0.25) is 0 Å². The molecule has 0 saturated heterocycles. The second-order valence-electron chi connectivity index (χ2n) is 3.56. The summed E-state index contributed by atoms with van der Waals surface area (Å²) in [7, 11) is 6.04. The first-order valence-corrected chi connectivity index (χ1v) is 4.83. The van der Waals surface area contributed by atoms with Crippen LogP contribution in [-0.2, 0) is 13.6 Å². The molecule has 1 aromatic rings. The fourth-order valence-electron chi connectivity index (χ4n) is 1.21. The molecule has 0 saturated carbocycles. The van der Waals surface area contributed by atoms with Crippen molar-refractivity contribution < 1.29 is 0 Å². The van der Waals surface area contributed by atoms with E-state index in [9.17, 15) is 0 Å². The lowest BCUT2D eigenvalue weighted by Gasteiger charge is -2.15. The molecule has 1 heterocycles. The van der Waals surface area contributed by atoms with Crippen LogP contribution in [0.2, 0.25) is 0 Å². The first kappa shape index (κ1) is 11.1. The largest absolute Gasteiger partial charge is 0.318 e. The first-order chi connectivity index (χ1) is 6.65. The Balaban J connectivity index is 2.47. The maximum Gasteiger partial charge on any atom is 0.146 e. The lowest BCUT2D eigenvalue weighted by atomic mass is 10.4. The maximum absolute atomic E-state index is 4.11. The summed E-state index contributed by atoms with van der Waals surface area (Å²) in [5, 5.41) is 11.3. The van der Waals surface area contributed by atoms with Crippen molar-refractivity contribution in [3.63, 3.8) is 0 Å². The van der Waals surface area contributed by atoms with Gasteiger partial charge < -0.3 is 9.88 Å². The Hall–Kier alpha value is -0.940. The van der Waals surface area contributed by atoms with E-state index in [-0.39, 0.29) is 0 Å². The van der Waals surface area contributed by atoms with Gasteiger partial charge in [-0.15, -0.1) is 10.2 Å². The third-order valence-corrected chi connectivity index (χ3v) is 2.34. The molecule has 0 radical (unpaired) electrons. The Morgan fingerprint density at radius 3 is 2.64 bits per heavy atom. The predicted molar refractivity (Wildman–Crippen MR) is 56.0 cm³/mol. The number of nitrogens with zero attached hydrogens (tertiary/aromatic N) is 4. The highest BCUT2D eigenvalue weighted by molar-refractivity contribution is 4.92. The van der Waals surface area contributed by atoms with Gasteiger partial charge in [-0.3, -0.25) is 4.90 Å². The highest BCUT2D eigenvalue weighted by atomic mass is 15.3. The molecule has 0 atom stereocenters. The zero-order valence-corrected chi connectivity index (χ0v) is 9.41. The van der Waals surface area contributed by atoms with Crippen molar-refractivity contribution >= 4 is 0 Å². The molecule has 0 aliphatic heterocycles. The van der Waals surface area contributed by atoms with Crippen LogP contribution in [-0.4, -0.2) is 46.8 Å². The van der Waals surface area contributed by atoms with Gasteiger partial charge in [0.05, 0.1) is 6.54 Å². The Kier molecular flexibility index (Phi) is 4.03. The minimum absolute atomic E-state index is 0.846. The van der Waals surface area contributed by atoms with Gasteiger partial charge in [-0.25, -0.2) is 0 Å². The minimum atomic E-state index is 0.846. The summed E-state index contributed by atoms with van der Waals surface area (Å²) >= 11 is 0. The van der Waals surface area contributed by atoms with Crippen LogP contribution >= 0.6 is 0 Å². The second-order valence-corrected chi connectivity index (χ2v) is 3.56. The molecule has 0 fully saturated rings. The second kappa shape index (κ2) is 5.07. The van der Waals surface area contributed by atoms with E-state index in [2.05, 4.69) is 27.5 Å². The number of aryl methyl sites for hydroxylation is 1. The molecule has 5 nitrogen and oxygen atoms in total. The quantitative estimate of drug-likeness (QED) is 0.708. The van der Waals surface area contributed by atoms with Crippen LogP contribution in [0, 0.1) is 6.92 Å². The normalized spacial score (nSPS) is 11.2. The summed E-state index contributed by atoms with van der Waals surface area (Å²) in [5.74, 6) is 1.98. The topological polar surface area (TPSA) is 46.0 Å². The van der Waals surface area contributed by atoms with Gasteiger partial charge in [0.25, 0.3) is 0 Å². The molecule has 0 aliphatic carbocycles. The Bertz CT molecular complexity index is 281. The molecule has 0 aliphatic rings. The van der Waals surface area contributed by atoms with Crippen molar-refractivity contribution in [2.75, 3.05) is 27.2 Å². The van der Waals surface area contributed by atoms with Crippen LogP contribution < -0.4 is 5.32 Å². The summed E-state index contributed by atoms with van der Waals surface area (Å²) in [4.78, 5) is 2.22. The van der Waals surface area contributed by atoms with Crippen molar-refractivity contribution in [2.24, 2.45) is 7.05 Å². The molecule has 14 heavy (non-hydrogen) atoms. The van der Waals surface area contributed by atoms with Crippen molar-refractivity contribution in [3.8, 4) is 0 Å². The zero-order valence-electron chi connectivity index (χ0n) is 9.41. The van der Waals surface area contributed by atoms with Gasteiger partial charge in [0, 0.05) is 20.1 Å². The zero-order chi connectivity index (χ0) is 10.6. The van der Waals surface area contributed by atoms with E-state index in [1.54, 1.807) is 0 Å². The molecule has 1 rings (SSSR count). The van der Waals surface area contributed by atoms with Crippen molar-refractivity contribution in [1.29, 1.82) is 0 Å². The molecule has 1 aromatic heterocycles. The summed E-state index contributed by atoms with van der Waals surface area (Å²) < 4.78 is 2.02. The van der Waals surface area contributed by atoms with Crippen LogP contribution in [0.1, 0.15) is 11.6 Å². The molecule has 0 spiro atoms. The summed E-state index contributed by atoms with van der Waals surface area (Å²) in [6.07, 6.45) is 0. The van der Waals surface area contributed by atoms with Gasteiger partial charge in [0.1, 0.15) is 11.6 Å². The summed E-state index contributed by atoms with van der Waals surface area (Å²) in [6, 6.07) is 0. The van der Waals surface area contributed by atoms with Gasteiger partial charge in [-0.1, -0.05) is 0 Å². The number of nitrogens with one attached hydrogen (secondary N) is 1. The van der Waals surface area contributed by atoms with E-state index < -0.39 is 0 Å². The van der Waals surface area contributed by atoms with Crippen LogP contribution in [0.4, 0.5) is 0 Å². The molecule has 0 unspecified atom stereocenters. The highest BCUT2D eigenvalue weighted by Crippen LogP contribution is 2.00. The Labute approximate surface area is 85.1 Å². The molecule has 80 valence electrons. The van der Waals surface area contributed by atoms with Crippen LogP contribution in [0.15, 0.2) is 0 Å². The number of rotatable bonds is 5. The molecule has 1 N–H and O–H groups in total. The van der Waals surface area contributed by atoms with Crippen molar-refractivity contribution in [2.45, 2.75) is 13.5 Å². The van der Waals surface area contributed by atoms with Gasteiger partial charge >= 0.3 is 0 Å². The van der Waals surface area contributed by atoms with Crippen LogP contribution in [0.5, 0.6) is 0 Å². The lowest BCUT2D eigenvalue weighted by Crippen LogP contribution is -2.28. The maximum atomic E-state index is 4.11. The number of likely N-dealkylation sites (N-methyl/N-ethyl adjacent to an activating group) is 2. The fraction of sp³-hybridized carbons (Fsp3) is 0.778.